The van der Waals surface area contributed by atoms with Crippen LogP contribution in [0.2, 0.25) is 0 Å². The maximum atomic E-state index is 13.5. The van der Waals surface area contributed by atoms with Gasteiger partial charge in [-0.05, 0) is 36.2 Å². The molecule has 1 aliphatic heterocycles. The molecule has 128 valence electrons. The van der Waals surface area contributed by atoms with Gasteiger partial charge >= 0.3 is 0 Å². The molecule has 5 nitrogen and oxygen atoms in total. The van der Waals surface area contributed by atoms with Gasteiger partial charge in [0.15, 0.2) is 0 Å². The van der Waals surface area contributed by atoms with Gasteiger partial charge < -0.3 is 15.0 Å². The SMILES string of the molecule is N[C@@H]1CN(C(=O)c2cccn3cncc23)CC[C@H]1c1cccc(F)c1. The third-order valence-corrected chi connectivity index (χ3v) is 4.90. The van der Waals surface area contributed by atoms with Gasteiger partial charge in [-0.2, -0.15) is 0 Å². The number of pyridine rings is 1. The number of nitrogens with two attached hydrogens (primary N) is 1. The highest BCUT2D eigenvalue weighted by atomic mass is 19.1. The molecule has 2 atom stereocenters. The highest BCUT2D eigenvalue weighted by Crippen LogP contribution is 2.28. The molecular formula is C19H19FN4O. The highest BCUT2D eigenvalue weighted by molar-refractivity contribution is 6.00. The van der Waals surface area contributed by atoms with Gasteiger partial charge in [-0.25, -0.2) is 9.37 Å². The number of rotatable bonds is 2. The molecule has 0 spiro atoms. The van der Waals surface area contributed by atoms with E-state index in [0.717, 1.165) is 17.5 Å². The van der Waals surface area contributed by atoms with Gasteiger partial charge in [0.1, 0.15) is 5.82 Å². The van der Waals surface area contributed by atoms with Crippen molar-refractivity contribution in [3.63, 3.8) is 0 Å². The summed E-state index contributed by atoms with van der Waals surface area (Å²) in [6.45, 7) is 1.05. The van der Waals surface area contributed by atoms with Gasteiger partial charge in [0.05, 0.1) is 23.6 Å². The van der Waals surface area contributed by atoms with E-state index in [1.807, 2.05) is 28.8 Å². The average Bonchev–Trinajstić information content (AvgIpc) is 3.09. The molecule has 0 saturated carbocycles. The average molecular weight is 338 g/mol. The first kappa shape index (κ1) is 15.8. The van der Waals surface area contributed by atoms with Crippen LogP contribution < -0.4 is 5.73 Å². The summed E-state index contributed by atoms with van der Waals surface area (Å²) >= 11 is 0. The van der Waals surface area contributed by atoms with Crippen LogP contribution in [0.3, 0.4) is 0 Å². The molecular weight excluding hydrogens is 319 g/mol. The van der Waals surface area contributed by atoms with Crippen LogP contribution in [-0.4, -0.2) is 39.3 Å². The summed E-state index contributed by atoms with van der Waals surface area (Å²) in [6, 6.07) is 10.00. The lowest BCUT2D eigenvalue weighted by Crippen LogP contribution is -2.49. The third kappa shape index (κ3) is 2.89. The Bertz CT molecular complexity index is 922. The smallest absolute Gasteiger partial charge is 0.256 e. The standard InChI is InChI=1S/C19H19FN4O/c20-14-4-1-3-13(9-14)15-6-8-23(11-17(15)21)19(25)16-5-2-7-24-12-22-10-18(16)24/h1-5,7,9-10,12,15,17H,6,8,11,21H2/t15-,17+/m0/s1. The lowest BCUT2D eigenvalue weighted by atomic mass is 9.85. The predicted molar refractivity (Wildman–Crippen MR) is 92.8 cm³/mol. The molecule has 25 heavy (non-hydrogen) atoms. The summed E-state index contributed by atoms with van der Waals surface area (Å²) in [4.78, 5) is 18.8. The van der Waals surface area contributed by atoms with Crippen LogP contribution in [0.15, 0.2) is 55.1 Å². The first-order valence-corrected chi connectivity index (χ1v) is 8.34. The number of imidazole rings is 1. The number of halogens is 1. The zero-order valence-electron chi connectivity index (χ0n) is 13.7. The van der Waals surface area contributed by atoms with Crippen LogP contribution in [0, 0.1) is 5.82 Å². The van der Waals surface area contributed by atoms with E-state index >= 15 is 0 Å². The van der Waals surface area contributed by atoms with E-state index < -0.39 is 0 Å². The van der Waals surface area contributed by atoms with E-state index in [-0.39, 0.29) is 23.7 Å². The van der Waals surface area contributed by atoms with Gasteiger partial charge in [-0.1, -0.05) is 12.1 Å². The van der Waals surface area contributed by atoms with Gasteiger partial charge in [0.25, 0.3) is 5.91 Å². The minimum Gasteiger partial charge on any atom is -0.337 e. The van der Waals surface area contributed by atoms with Crippen LogP contribution in [0.4, 0.5) is 4.39 Å². The van der Waals surface area contributed by atoms with Crippen molar-refractivity contribution in [1.29, 1.82) is 0 Å². The number of carbonyl (C=O) groups is 1. The fraction of sp³-hybridized carbons (Fsp3) is 0.263. The van der Waals surface area contributed by atoms with E-state index in [4.69, 9.17) is 5.73 Å². The molecule has 2 N–H and O–H groups in total. The molecule has 1 aromatic carbocycles. The zero-order chi connectivity index (χ0) is 17.4. The van der Waals surface area contributed by atoms with Crippen molar-refractivity contribution >= 4 is 11.4 Å². The number of amides is 1. The van der Waals surface area contributed by atoms with Crippen LogP contribution >= 0.6 is 0 Å². The Morgan fingerprint density at radius 1 is 1.28 bits per heavy atom. The van der Waals surface area contributed by atoms with E-state index in [0.29, 0.717) is 18.7 Å². The summed E-state index contributed by atoms with van der Waals surface area (Å²) in [5, 5.41) is 0. The second-order valence-electron chi connectivity index (χ2n) is 6.47. The summed E-state index contributed by atoms with van der Waals surface area (Å²) in [7, 11) is 0. The topological polar surface area (TPSA) is 63.6 Å². The Morgan fingerprint density at radius 3 is 2.96 bits per heavy atom. The maximum absolute atomic E-state index is 13.5. The lowest BCUT2D eigenvalue weighted by molar-refractivity contribution is 0.0695. The maximum Gasteiger partial charge on any atom is 0.256 e. The van der Waals surface area contributed by atoms with Crippen molar-refractivity contribution < 1.29 is 9.18 Å². The molecule has 3 aromatic rings. The normalized spacial score (nSPS) is 20.8. The number of carbonyl (C=O) groups excluding carboxylic acids is 1. The number of benzene rings is 1. The summed E-state index contributed by atoms with van der Waals surface area (Å²) < 4.78 is 15.3. The molecule has 0 aliphatic carbocycles. The Morgan fingerprint density at radius 2 is 2.16 bits per heavy atom. The lowest BCUT2D eigenvalue weighted by Gasteiger charge is -2.37. The van der Waals surface area contributed by atoms with E-state index in [1.165, 1.54) is 12.1 Å². The number of piperidine rings is 1. The minimum absolute atomic E-state index is 0.0424. The fourth-order valence-corrected chi connectivity index (χ4v) is 3.62. The van der Waals surface area contributed by atoms with Gasteiger partial charge in [-0.3, -0.25) is 4.79 Å². The van der Waals surface area contributed by atoms with Crippen molar-refractivity contribution in [3.05, 3.63) is 72.1 Å². The van der Waals surface area contributed by atoms with Crippen molar-refractivity contribution in [1.82, 2.24) is 14.3 Å². The Balaban J connectivity index is 1.54. The van der Waals surface area contributed by atoms with Crippen LogP contribution in [-0.2, 0) is 0 Å². The molecule has 1 aliphatic rings. The quantitative estimate of drug-likeness (QED) is 0.780. The molecule has 4 rings (SSSR count). The molecule has 0 radical (unpaired) electrons. The number of hydrogen-bond donors (Lipinski definition) is 1. The van der Waals surface area contributed by atoms with Crippen molar-refractivity contribution in [2.75, 3.05) is 13.1 Å². The summed E-state index contributed by atoms with van der Waals surface area (Å²) in [6.07, 6.45) is 5.94. The van der Waals surface area contributed by atoms with Gasteiger partial charge in [0, 0.05) is 31.2 Å². The van der Waals surface area contributed by atoms with Crippen LogP contribution in [0.5, 0.6) is 0 Å². The van der Waals surface area contributed by atoms with Crippen molar-refractivity contribution in [3.8, 4) is 0 Å². The van der Waals surface area contributed by atoms with Crippen LogP contribution in [0.1, 0.15) is 28.3 Å². The molecule has 1 fully saturated rings. The molecule has 1 saturated heterocycles. The Kier molecular flexibility index (Phi) is 3.97. The fourth-order valence-electron chi connectivity index (χ4n) is 3.62. The first-order chi connectivity index (χ1) is 12.1. The number of aromatic nitrogens is 2. The van der Waals surface area contributed by atoms with E-state index in [2.05, 4.69) is 4.98 Å². The predicted octanol–water partition coefficient (Wildman–Crippen LogP) is 2.43. The number of likely N-dealkylation sites (tertiary alicyclic amines) is 1. The molecule has 0 unspecified atom stereocenters. The first-order valence-electron chi connectivity index (χ1n) is 8.34. The number of hydrogen-bond acceptors (Lipinski definition) is 3. The molecule has 3 heterocycles. The Hall–Kier alpha value is -2.73. The van der Waals surface area contributed by atoms with Gasteiger partial charge in [0.2, 0.25) is 0 Å². The number of nitrogens with zero attached hydrogens (tertiary/aromatic N) is 3. The summed E-state index contributed by atoms with van der Waals surface area (Å²) in [5.41, 5.74) is 8.63. The third-order valence-electron chi connectivity index (χ3n) is 4.90. The Labute approximate surface area is 144 Å². The van der Waals surface area contributed by atoms with Crippen molar-refractivity contribution in [2.45, 2.75) is 18.4 Å². The molecule has 2 aromatic heterocycles. The monoisotopic (exact) mass is 338 g/mol. The van der Waals surface area contributed by atoms with Crippen molar-refractivity contribution in [2.24, 2.45) is 5.73 Å². The van der Waals surface area contributed by atoms with E-state index in [9.17, 15) is 9.18 Å². The van der Waals surface area contributed by atoms with Gasteiger partial charge in [-0.15, -0.1) is 0 Å². The zero-order valence-corrected chi connectivity index (χ0v) is 13.7. The second-order valence-corrected chi connectivity index (χ2v) is 6.47. The minimum atomic E-state index is -0.254. The largest absolute Gasteiger partial charge is 0.337 e. The molecule has 1 amide bonds. The summed E-state index contributed by atoms with van der Waals surface area (Å²) in [5.74, 6) is -0.236. The highest BCUT2D eigenvalue weighted by Gasteiger charge is 2.31. The van der Waals surface area contributed by atoms with E-state index in [1.54, 1.807) is 23.5 Å². The van der Waals surface area contributed by atoms with Crippen LogP contribution in [0.25, 0.3) is 5.52 Å². The molecule has 0 bridgehead atoms. The number of fused-ring (bicyclic) bond motifs is 1. The molecule has 6 heteroatoms. The second kappa shape index (κ2) is 6.29.